The van der Waals surface area contributed by atoms with E-state index in [0.29, 0.717) is 6.42 Å². The molecule has 1 aliphatic heterocycles. The van der Waals surface area contributed by atoms with Gasteiger partial charge in [0.1, 0.15) is 5.75 Å². The van der Waals surface area contributed by atoms with Gasteiger partial charge in [-0.05, 0) is 44.0 Å². The summed E-state index contributed by atoms with van der Waals surface area (Å²) in [5.41, 5.74) is 3.60. The highest BCUT2D eigenvalue weighted by Crippen LogP contribution is 2.34. The Labute approximate surface area is 160 Å². The topological polar surface area (TPSA) is 58.6 Å². The number of aryl methyl sites for hydroxylation is 1. The van der Waals surface area contributed by atoms with Crippen LogP contribution in [0, 0.1) is 6.92 Å². The van der Waals surface area contributed by atoms with Crippen LogP contribution in [0.3, 0.4) is 0 Å². The molecule has 1 saturated heterocycles. The number of benzene rings is 1. The normalized spacial score (nSPS) is 20.5. The summed E-state index contributed by atoms with van der Waals surface area (Å²) < 4.78 is 5.24. The Kier molecular flexibility index (Phi) is 4.83. The van der Waals surface area contributed by atoms with Gasteiger partial charge in [0.25, 0.3) is 0 Å². The number of hydrogen-bond donors (Lipinski definition) is 0. The molecule has 0 radical (unpaired) electrons. The molecule has 6 heteroatoms. The number of hydrogen-bond acceptors (Lipinski definition) is 6. The first kappa shape index (κ1) is 17.9. The first-order valence-corrected chi connectivity index (χ1v) is 9.53. The number of carbonyl (C=O) groups is 1. The van der Waals surface area contributed by atoms with Crippen molar-refractivity contribution in [3.05, 3.63) is 46.8 Å². The molecular weight excluding hydrogens is 340 g/mol. The van der Waals surface area contributed by atoms with E-state index in [2.05, 4.69) is 34.0 Å². The van der Waals surface area contributed by atoms with Crippen molar-refractivity contribution >= 4 is 11.7 Å². The Morgan fingerprint density at radius 3 is 2.41 bits per heavy atom. The minimum Gasteiger partial charge on any atom is -0.497 e. The maximum atomic E-state index is 12.8. The van der Waals surface area contributed by atoms with Crippen molar-refractivity contribution in [3.8, 4) is 5.75 Å². The zero-order valence-electron chi connectivity index (χ0n) is 16.2. The molecule has 0 bridgehead atoms. The highest BCUT2D eigenvalue weighted by molar-refractivity contribution is 5.99. The molecule has 1 atom stereocenters. The van der Waals surface area contributed by atoms with Gasteiger partial charge in [-0.2, -0.15) is 0 Å². The lowest BCUT2D eigenvalue weighted by molar-refractivity contribution is 0.0962. The molecule has 0 amide bonds. The predicted octanol–water partition coefficient (Wildman–Crippen LogP) is 2.46. The van der Waals surface area contributed by atoms with Crippen molar-refractivity contribution in [1.82, 2.24) is 14.9 Å². The van der Waals surface area contributed by atoms with Gasteiger partial charge in [-0.25, -0.2) is 9.97 Å². The van der Waals surface area contributed by atoms with E-state index in [1.54, 1.807) is 7.11 Å². The van der Waals surface area contributed by atoms with E-state index in [4.69, 9.17) is 9.72 Å². The lowest BCUT2D eigenvalue weighted by atomic mass is 9.81. The fourth-order valence-corrected chi connectivity index (χ4v) is 4.02. The van der Waals surface area contributed by atoms with Gasteiger partial charge in [-0.3, -0.25) is 4.79 Å². The molecule has 2 aliphatic rings. The SMILES string of the molecule is COc1ccc([C@@H]2CC(=O)c3c(C)nc(N4CCN(C)CC4)nc3C2)cc1. The molecule has 4 rings (SSSR count). The third-order valence-corrected chi connectivity index (χ3v) is 5.68. The van der Waals surface area contributed by atoms with Crippen molar-refractivity contribution in [3.63, 3.8) is 0 Å². The van der Waals surface area contributed by atoms with Crippen molar-refractivity contribution < 1.29 is 9.53 Å². The van der Waals surface area contributed by atoms with Crippen LogP contribution < -0.4 is 9.64 Å². The molecule has 1 aliphatic carbocycles. The summed E-state index contributed by atoms with van der Waals surface area (Å²) in [6, 6.07) is 8.01. The lowest BCUT2D eigenvalue weighted by Crippen LogP contribution is -2.45. The van der Waals surface area contributed by atoms with Crippen molar-refractivity contribution in [2.24, 2.45) is 0 Å². The minimum absolute atomic E-state index is 0.152. The van der Waals surface area contributed by atoms with Crippen LogP contribution in [0.15, 0.2) is 24.3 Å². The van der Waals surface area contributed by atoms with Crippen molar-refractivity contribution in [2.75, 3.05) is 45.2 Å². The number of ketones is 1. The monoisotopic (exact) mass is 366 g/mol. The van der Waals surface area contributed by atoms with Crippen molar-refractivity contribution in [1.29, 1.82) is 0 Å². The van der Waals surface area contributed by atoms with Crippen LogP contribution in [0.4, 0.5) is 5.95 Å². The van der Waals surface area contributed by atoms with E-state index in [-0.39, 0.29) is 11.7 Å². The smallest absolute Gasteiger partial charge is 0.225 e. The number of aromatic nitrogens is 2. The molecule has 27 heavy (non-hydrogen) atoms. The fourth-order valence-electron chi connectivity index (χ4n) is 4.02. The van der Waals surface area contributed by atoms with Crippen molar-refractivity contribution in [2.45, 2.75) is 25.7 Å². The number of ether oxygens (including phenoxy) is 1. The van der Waals surface area contributed by atoms with Gasteiger partial charge < -0.3 is 14.5 Å². The number of rotatable bonds is 3. The highest BCUT2D eigenvalue weighted by Gasteiger charge is 2.31. The van der Waals surface area contributed by atoms with E-state index in [1.165, 1.54) is 0 Å². The number of Topliss-reactive ketones (excluding diaryl/α,β-unsaturated/α-hetero) is 1. The molecule has 0 saturated carbocycles. The Bertz CT molecular complexity index is 842. The van der Waals surface area contributed by atoms with E-state index < -0.39 is 0 Å². The van der Waals surface area contributed by atoms with Gasteiger partial charge in [0, 0.05) is 32.6 Å². The fraction of sp³-hybridized carbons (Fsp3) is 0.476. The van der Waals surface area contributed by atoms with Crippen LogP contribution in [0.25, 0.3) is 0 Å². The molecular formula is C21H26N4O2. The number of piperazine rings is 1. The van der Waals surface area contributed by atoms with E-state index >= 15 is 0 Å². The summed E-state index contributed by atoms with van der Waals surface area (Å²) in [6.07, 6.45) is 1.29. The molecule has 2 heterocycles. The molecule has 2 aromatic rings. The summed E-state index contributed by atoms with van der Waals surface area (Å²) in [5.74, 6) is 1.91. The third kappa shape index (κ3) is 3.54. The number of methoxy groups -OCH3 is 1. The molecule has 0 N–H and O–H groups in total. The number of likely N-dealkylation sites (N-methyl/N-ethyl adjacent to an activating group) is 1. The number of nitrogens with zero attached hydrogens (tertiary/aromatic N) is 4. The molecule has 6 nitrogen and oxygen atoms in total. The van der Waals surface area contributed by atoms with Gasteiger partial charge in [0.05, 0.1) is 24.1 Å². The number of carbonyl (C=O) groups excluding carboxylic acids is 1. The van der Waals surface area contributed by atoms with Crippen LogP contribution >= 0.6 is 0 Å². The second-order valence-corrected chi connectivity index (χ2v) is 7.52. The van der Waals surface area contributed by atoms with Gasteiger partial charge in [-0.1, -0.05) is 12.1 Å². The van der Waals surface area contributed by atoms with E-state index in [1.807, 2.05) is 19.1 Å². The van der Waals surface area contributed by atoms with E-state index in [9.17, 15) is 4.79 Å². The summed E-state index contributed by atoms with van der Waals surface area (Å²) >= 11 is 0. The quantitative estimate of drug-likeness (QED) is 0.832. The lowest BCUT2D eigenvalue weighted by Gasteiger charge is -2.33. The van der Waals surface area contributed by atoms with Gasteiger partial charge in [0.15, 0.2) is 5.78 Å². The zero-order valence-corrected chi connectivity index (χ0v) is 16.2. The molecule has 0 spiro atoms. The maximum absolute atomic E-state index is 12.8. The zero-order chi connectivity index (χ0) is 19.0. The summed E-state index contributed by atoms with van der Waals surface area (Å²) in [4.78, 5) is 26.9. The standard InChI is InChI=1S/C21H26N4O2/c1-14-20-18(23-21(22-14)25-10-8-24(2)9-11-25)12-16(13-19(20)26)15-4-6-17(27-3)7-5-15/h4-7,16H,8-13H2,1-3H3/t16-/m0/s1. The predicted molar refractivity (Wildman–Crippen MR) is 105 cm³/mol. The molecule has 1 fully saturated rings. The summed E-state index contributed by atoms with van der Waals surface area (Å²) in [5, 5.41) is 0. The van der Waals surface area contributed by atoms with Crippen LogP contribution in [0.2, 0.25) is 0 Å². The summed E-state index contributed by atoms with van der Waals surface area (Å²) in [6.45, 7) is 5.79. The Morgan fingerprint density at radius 2 is 1.74 bits per heavy atom. The van der Waals surface area contributed by atoms with Crippen LogP contribution in [0.1, 0.15) is 39.6 Å². The highest BCUT2D eigenvalue weighted by atomic mass is 16.5. The largest absolute Gasteiger partial charge is 0.497 e. The van der Waals surface area contributed by atoms with Gasteiger partial charge >= 0.3 is 0 Å². The second-order valence-electron chi connectivity index (χ2n) is 7.52. The maximum Gasteiger partial charge on any atom is 0.225 e. The Morgan fingerprint density at radius 1 is 1.04 bits per heavy atom. The summed E-state index contributed by atoms with van der Waals surface area (Å²) in [7, 11) is 3.80. The van der Waals surface area contributed by atoms with Crippen LogP contribution in [-0.2, 0) is 6.42 Å². The molecule has 0 unspecified atom stereocenters. The Balaban J connectivity index is 1.62. The Hall–Kier alpha value is -2.47. The van der Waals surface area contributed by atoms with Crippen LogP contribution in [-0.4, -0.2) is 61.0 Å². The number of anilines is 1. The average molecular weight is 366 g/mol. The third-order valence-electron chi connectivity index (χ3n) is 5.68. The first-order valence-electron chi connectivity index (χ1n) is 9.53. The van der Waals surface area contributed by atoms with Crippen LogP contribution in [0.5, 0.6) is 5.75 Å². The van der Waals surface area contributed by atoms with Gasteiger partial charge in [0.2, 0.25) is 5.95 Å². The minimum atomic E-state index is 0.152. The molecule has 1 aromatic carbocycles. The molecule has 142 valence electrons. The number of fused-ring (bicyclic) bond motifs is 1. The molecule has 1 aromatic heterocycles. The van der Waals surface area contributed by atoms with E-state index in [0.717, 1.165) is 66.8 Å². The average Bonchev–Trinajstić information content (AvgIpc) is 2.68. The first-order chi connectivity index (χ1) is 13.0. The van der Waals surface area contributed by atoms with Gasteiger partial charge in [-0.15, -0.1) is 0 Å². The second kappa shape index (κ2) is 7.27.